The first kappa shape index (κ1) is 11.9. The molecular formula is C12H13FO4. The Balaban J connectivity index is 2.42. The van der Waals surface area contributed by atoms with E-state index in [0.717, 1.165) is 0 Å². The molecule has 0 aromatic heterocycles. The van der Waals surface area contributed by atoms with Gasteiger partial charge in [-0.3, -0.25) is 4.79 Å². The Hall–Kier alpha value is -1.62. The van der Waals surface area contributed by atoms with Gasteiger partial charge >= 0.3 is 5.97 Å². The van der Waals surface area contributed by atoms with Crippen LogP contribution in [0.15, 0.2) is 18.2 Å². The van der Waals surface area contributed by atoms with E-state index >= 15 is 0 Å². The number of methoxy groups -OCH3 is 1. The lowest BCUT2D eigenvalue weighted by atomic mass is 9.75. The highest BCUT2D eigenvalue weighted by atomic mass is 19.1. The SMILES string of the molecule is COc1ccc(F)cc1C1(CC(=O)O)COC1. The van der Waals surface area contributed by atoms with Crippen molar-refractivity contribution in [1.29, 1.82) is 0 Å². The fourth-order valence-corrected chi connectivity index (χ4v) is 2.09. The monoisotopic (exact) mass is 240 g/mol. The molecular weight excluding hydrogens is 227 g/mol. The van der Waals surface area contributed by atoms with Crippen LogP contribution in [-0.4, -0.2) is 31.4 Å². The van der Waals surface area contributed by atoms with Gasteiger partial charge in [0.05, 0.1) is 32.2 Å². The summed E-state index contributed by atoms with van der Waals surface area (Å²) in [4.78, 5) is 10.9. The van der Waals surface area contributed by atoms with Gasteiger partial charge in [0, 0.05) is 5.56 Å². The predicted octanol–water partition coefficient (Wildman–Crippen LogP) is 1.58. The van der Waals surface area contributed by atoms with Crippen molar-refractivity contribution >= 4 is 5.97 Å². The Bertz CT molecular complexity index is 440. The molecule has 2 rings (SSSR count). The maximum atomic E-state index is 13.3. The lowest BCUT2D eigenvalue weighted by molar-refractivity contribution is -0.145. The maximum absolute atomic E-state index is 13.3. The molecule has 1 fully saturated rings. The second-order valence-electron chi connectivity index (χ2n) is 4.19. The first-order valence-electron chi connectivity index (χ1n) is 5.21. The molecule has 1 aliphatic heterocycles. The largest absolute Gasteiger partial charge is 0.496 e. The molecule has 0 radical (unpaired) electrons. The van der Waals surface area contributed by atoms with Crippen LogP contribution in [0.4, 0.5) is 4.39 Å². The topological polar surface area (TPSA) is 55.8 Å². The molecule has 1 aliphatic rings. The summed E-state index contributed by atoms with van der Waals surface area (Å²) in [6.45, 7) is 0.554. The summed E-state index contributed by atoms with van der Waals surface area (Å²) < 4.78 is 23.5. The normalized spacial score (nSPS) is 17.3. The van der Waals surface area contributed by atoms with Crippen molar-refractivity contribution in [3.05, 3.63) is 29.6 Å². The molecule has 1 saturated heterocycles. The summed E-state index contributed by atoms with van der Waals surface area (Å²) >= 11 is 0. The van der Waals surface area contributed by atoms with Gasteiger partial charge in [-0.2, -0.15) is 0 Å². The van der Waals surface area contributed by atoms with Crippen LogP contribution in [-0.2, 0) is 14.9 Å². The highest BCUT2D eigenvalue weighted by Crippen LogP contribution is 2.40. The van der Waals surface area contributed by atoms with Crippen LogP contribution in [0.2, 0.25) is 0 Å². The zero-order chi connectivity index (χ0) is 12.5. The maximum Gasteiger partial charge on any atom is 0.304 e. The zero-order valence-corrected chi connectivity index (χ0v) is 9.40. The molecule has 1 N–H and O–H groups in total. The van der Waals surface area contributed by atoms with E-state index in [1.54, 1.807) is 0 Å². The van der Waals surface area contributed by atoms with Gasteiger partial charge in [0.1, 0.15) is 11.6 Å². The second-order valence-corrected chi connectivity index (χ2v) is 4.19. The van der Waals surface area contributed by atoms with E-state index in [0.29, 0.717) is 11.3 Å². The number of carboxylic acids is 1. The number of aliphatic carboxylic acids is 1. The third-order valence-electron chi connectivity index (χ3n) is 2.98. The number of benzene rings is 1. The Morgan fingerprint density at radius 2 is 2.29 bits per heavy atom. The predicted molar refractivity (Wildman–Crippen MR) is 57.7 cm³/mol. The van der Waals surface area contributed by atoms with E-state index in [-0.39, 0.29) is 19.6 Å². The third kappa shape index (κ3) is 2.10. The van der Waals surface area contributed by atoms with E-state index in [9.17, 15) is 9.18 Å². The van der Waals surface area contributed by atoms with Crippen LogP contribution in [0.3, 0.4) is 0 Å². The van der Waals surface area contributed by atoms with Gasteiger partial charge in [-0.25, -0.2) is 4.39 Å². The summed E-state index contributed by atoms with van der Waals surface area (Å²) in [5.74, 6) is -0.840. The van der Waals surface area contributed by atoms with Crippen molar-refractivity contribution < 1.29 is 23.8 Å². The molecule has 92 valence electrons. The molecule has 1 aromatic rings. The van der Waals surface area contributed by atoms with E-state index < -0.39 is 17.2 Å². The Labute approximate surface area is 98.0 Å². The highest BCUT2D eigenvalue weighted by molar-refractivity contribution is 5.70. The first-order valence-corrected chi connectivity index (χ1v) is 5.21. The molecule has 0 amide bonds. The van der Waals surface area contributed by atoms with E-state index in [2.05, 4.69) is 0 Å². The lowest BCUT2D eigenvalue weighted by Crippen LogP contribution is -2.48. The summed E-state index contributed by atoms with van der Waals surface area (Å²) in [7, 11) is 1.48. The molecule has 0 atom stereocenters. The Kier molecular flexibility index (Phi) is 3.02. The molecule has 0 bridgehead atoms. The van der Waals surface area contributed by atoms with Gasteiger partial charge in [-0.05, 0) is 18.2 Å². The smallest absolute Gasteiger partial charge is 0.304 e. The number of carbonyl (C=O) groups is 1. The molecule has 0 saturated carbocycles. The first-order chi connectivity index (χ1) is 8.07. The van der Waals surface area contributed by atoms with Crippen LogP contribution in [0.1, 0.15) is 12.0 Å². The zero-order valence-electron chi connectivity index (χ0n) is 9.40. The van der Waals surface area contributed by atoms with Crippen LogP contribution >= 0.6 is 0 Å². The van der Waals surface area contributed by atoms with Crippen molar-refractivity contribution in [3.8, 4) is 5.75 Å². The average molecular weight is 240 g/mol. The van der Waals surface area contributed by atoms with Crippen LogP contribution in [0.25, 0.3) is 0 Å². The molecule has 0 unspecified atom stereocenters. The third-order valence-corrected chi connectivity index (χ3v) is 2.98. The van der Waals surface area contributed by atoms with Crippen LogP contribution in [0.5, 0.6) is 5.75 Å². The van der Waals surface area contributed by atoms with Crippen molar-refractivity contribution in [2.75, 3.05) is 20.3 Å². The van der Waals surface area contributed by atoms with Crippen molar-refractivity contribution in [3.63, 3.8) is 0 Å². The van der Waals surface area contributed by atoms with Gasteiger partial charge in [0.25, 0.3) is 0 Å². The molecule has 0 spiro atoms. The van der Waals surface area contributed by atoms with Crippen LogP contribution in [0, 0.1) is 5.82 Å². The molecule has 5 heteroatoms. The minimum atomic E-state index is -0.931. The highest BCUT2D eigenvalue weighted by Gasteiger charge is 2.44. The lowest BCUT2D eigenvalue weighted by Gasteiger charge is -2.41. The van der Waals surface area contributed by atoms with Gasteiger partial charge in [-0.15, -0.1) is 0 Å². The van der Waals surface area contributed by atoms with Crippen molar-refractivity contribution in [2.45, 2.75) is 11.8 Å². The Morgan fingerprint density at radius 3 is 2.76 bits per heavy atom. The number of carboxylic acid groups (broad SMARTS) is 1. The minimum Gasteiger partial charge on any atom is -0.496 e. The summed E-state index contributed by atoms with van der Waals surface area (Å²) in [5.41, 5.74) is -0.104. The van der Waals surface area contributed by atoms with Gasteiger partial charge < -0.3 is 14.6 Å². The minimum absolute atomic E-state index is 0.0905. The molecule has 4 nitrogen and oxygen atoms in total. The number of ether oxygens (including phenoxy) is 2. The van der Waals surface area contributed by atoms with Gasteiger partial charge in [0.15, 0.2) is 0 Å². The summed E-state index contributed by atoms with van der Waals surface area (Å²) in [5, 5.41) is 8.92. The van der Waals surface area contributed by atoms with Crippen LogP contribution < -0.4 is 4.74 Å². The van der Waals surface area contributed by atoms with Gasteiger partial charge in [0.2, 0.25) is 0 Å². The second kappa shape index (κ2) is 4.33. The number of halogens is 1. The van der Waals surface area contributed by atoms with Crippen molar-refractivity contribution in [2.24, 2.45) is 0 Å². The van der Waals surface area contributed by atoms with E-state index in [1.807, 2.05) is 0 Å². The molecule has 1 heterocycles. The number of rotatable bonds is 4. The summed E-state index contributed by atoms with van der Waals surface area (Å²) in [6.07, 6.45) is -0.0905. The average Bonchev–Trinajstić information content (AvgIpc) is 2.23. The van der Waals surface area contributed by atoms with E-state index in [4.69, 9.17) is 14.6 Å². The molecule has 1 aromatic carbocycles. The standard InChI is InChI=1S/C12H13FO4/c1-16-10-3-2-8(13)4-9(10)12(5-11(14)15)6-17-7-12/h2-4H,5-7H2,1H3,(H,14,15). The van der Waals surface area contributed by atoms with E-state index in [1.165, 1.54) is 25.3 Å². The number of hydrogen-bond donors (Lipinski definition) is 1. The summed E-state index contributed by atoms with van der Waals surface area (Å²) in [6, 6.07) is 4.12. The molecule has 17 heavy (non-hydrogen) atoms. The van der Waals surface area contributed by atoms with Crippen molar-refractivity contribution in [1.82, 2.24) is 0 Å². The fraction of sp³-hybridized carbons (Fsp3) is 0.417. The van der Waals surface area contributed by atoms with Gasteiger partial charge in [-0.1, -0.05) is 0 Å². The number of hydrogen-bond acceptors (Lipinski definition) is 3. The Morgan fingerprint density at radius 1 is 1.59 bits per heavy atom. The molecule has 0 aliphatic carbocycles. The quantitative estimate of drug-likeness (QED) is 0.868. The fourth-order valence-electron chi connectivity index (χ4n) is 2.09.